The summed E-state index contributed by atoms with van der Waals surface area (Å²) in [5.74, 6) is 0.0371. The fourth-order valence-electron chi connectivity index (χ4n) is 3.10. The fourth-order valence-corrected chi connectivity index (χ4v) is 3.10. The van der Waals surface area contributed by atoms with Crippen molar-refractivity contribution in [3.05, 3.63) is 64.7 Å². The smallest absolute Gasteiger partial charge is 0.317 e. The molecule has 0 bridgehead atoms. The number of fused-ring (bicyclic) bond motifs is 1. The molecule has 0 spiro atoms. The van der Waals surface area contributed by atoms with Gasteiger partial charge < -0.3 is 20.6 Å². The lowest BCUT2D eigenvalue weighted by Crippen LogP contribution is -2.37. The number of carboxylic acid groups (broad SMARTS) is 1. The number of nitrogens with one attached hydrogen (secondary N) is 2. The van der Waals surface area contributed by atoms with E-state index < -0.39 is 5.97 Å². The number of aryl methyl sites for hydroxylation is 1. The second-order valence-corrected chi connectivity index (χ2v) is 6.32. The first-order valence-electron chi connectivity index (χ1n) is 8.43. The van der Waals surface area contributed by atoms with Crippen molar-refractivity contribution in [3.63, 3.8) is 0 Å². The Morgan fingerprint density at radius 3 is 2.76 bits per heavy atom. The maximum Gasteiger partial charge on any atom is 0.317 e. The Morgan fingerprint density at radius 1 is 1.24 bits per heavy atom. The Kier molecular flexibility index (Phi) is 5.46. The van der Waals surface area contributed by atoms with Crippen molar-refractivity contribution in [1.82, 2.24) is 5.32 Å². The highest BCUT2D eigenvalue weighted by atomic mass is 16.5. The van der Waals surface area contributed by atoms with Gasteiger partial charge in [-0.2, -0.15) is 0 Å². The van der Waals surface area contributed by atoms with Gasteiger partial charge in [0.1, 0.15) is 12.4 Å². The molecule has 0 aromatic heterocycles. The second-order valence-electron chi connectivity index (χ2n) is 6.32. The molecule has 1 aliphatic carbocycles. The largest absolute Gasteiger partial charge is 0.489 e. The highest BCUT2D eigenvalue weighted by molar-refractivity contribution is 5.76. The minimum absolute atomic E-state index is 0.0119. The van der Waals surface area contributed by atoms with Gasteiger partial charge in [0.15, 0.2) is 0 Å². The van der Waals surface area contributed by atoms with Crippen LogP contribution < -0.4 is 10.1 Å². The molecule has 5 nitrogen and oxygen atoms in total. The van der Waals surface area contributed by atoms with Crippen LogP contribution in [0.5, 0.6) is 5.75 Å². The lowest BCUT2D eigenvalue weighted by Gasteiger charge is -2.25. The molecule has 0 saturated carbocycles. The van der Waals surface area contributed by atoms with Crippen molar-refractivity contribution < 1.29 is 14.6 Å². The first-order valence-corrected chi connectivity index (χ1v) is 8.43. The summed E-state index contributed by atoms with van der Waals surface area (Å²) >= 11 is 0. The molecule has 0 heterocycles. The van der Waals surface area contributed by atoms with Crippen LogP contribution in [0.3, 0.4) is 0 Å². The molecule has 0 amide bonds. The summed E-state index contributed by atoms with van der Waals surface area (Å²) in [5, 5.41) is 19.1. The summed E-state index contributed by atoms with van der Waals surface area (Å²) in [7, 11) is 0. The maximum atomic E-state index is 10.7. The predicted octanol–water partition coefficient (Wildman–Crippen LogP) is 2.79. The van der Waals surface area contributed by atoms with Crippen LogP contribution in [0.1, 0.15) is 28.7 Å². The van der Waals surface area contributed by atoms with Crippen LogP contribution in [0.25, 0.3) is 0 Å². The minimum Gasteiger partial charge on any atom is -0.489 e. The molecular weight excluding hydrogens is 316 g/mol. The average Bonchev–Trinajstić information content (AvgIpc) is 2.64. The van der Waals surface area contributed by atoms with Crippen LogP contribution in [0.4, 0.5) is 0 Å². The third-order valence-electron chi connectivity index (χ3n) is 4.50. The summed E-state index contributed by atoms with van der Waals surface area (Å²) in [4.78, 5) is 10.7. The molecule has 1 unspecified atom stereocenters. The summed E-state index contributed by atoms with van der Waals surface area (Å²) in [6, 6.07) is 14.1. The lowest BCUT2D eigenvalue weighted by atomic mass is 9.88. The molecule has 5 heteroatoms. The van der Waals surface area contributed by atoms with E-state index in [9.17, 15) is 4.79 Å². The monoisotopic (exact) mass is 338 g/mol. The molecule has 2 aromatic rings. The van der Waals surface area contributed by atoms with E-state index in [0.717, 1.165) is 36.1 Å². The van der Waals surface area contributed by atoms with Crippen molar-refractivity contribution in [2.24, 2.45) is 0 Å². The third kappa shape index (κ3) is 4.67. The van der Waals surface area contributed by atoms with Gasteiger partial charge in [-0.15, -0.1) is 0 Å². The van der Waals surface area contributed by atoms with Gasteiger partial charge in [-0.05, 0) is 53.6 Å². The first-order chi connectivity index (χ1) is 12.1. The number of hydrogen-bond acceptors (Lipinski definition) is 4. The lowest BCUT2D eigenvalue weighted by molar-refractivity contribution is -0.136. The Hall–Kier alpha value is -2.66. The Morgan fingerprint density at radius 2 is 2.04 bits per heavy atom. The number of hydrogen-bond donors (Lipinski definition) is 3. The number of ether oxygens (including phenoxy) is 1. The van der Waals surface area contributed by atoms with Gasteiger partial charge in [0, 0.05) is 12.3 Å². The van der Waals surface area contributed by atoms with Crippen molar-refractivity contribution in [2.75, 3.05) is 6.54 Å². The normalized spacial score (nSPS) is 16.1. The van der Waals surface area contributed by atoms with E-state index in [4.69, 9.17) is 15.3 Å². The van der Waals surface area contributed by atoms with Crippen LogP contribution in [0, 0.1) is 5.41 Å². The van der Waals surface area contributed by atoms with Gasteiger partial charge in [-0.3, -0.25) is 4.79 Å². The standard InChI is InChI=1S/C20H22N2O3/c21-11-14-1-3-15(4-2-14)13-25-19-8-6-16-9-18(22-12-20(23)24)7-5-17(16)10-19/h1-4,6,8,10-11,18,21-22H,5,7,9,12-13H2,(H,23,24). The highest BCUT2D eigenvalue weighted by Crippen LogP contribution is 2.26. The number of rotatable bonds is 7. The van der Waals surface area contributed by atoms with Crippen LogP contribution in [-0.4, -0.2) is 29.9 Å². The second kappa shape index (κ2) is 7.94. The van der Waals surface area contributed by atoms with E-state index in [1.54, 1.807) is 0 Å². The molecular formula is C20H22N2O3. The topological polar surface area (TPSA) is 82.4 Å². The van der Waals surface area contributed by atoms with E-state index in [1.807, 2.05) is 30.3 Å². The molecule has 1 atom stereocenters. The SMILES string of the molecule is N=Cc1ccc(COc2ccc3c(c2)CCC(NCC(=O)O)C3)cc1. The van der Waals surface area contributed by atoms with E-state index >= 15 is 0 Å². The summed E-state index contributed by atoms with van der Waals surface area (Å²) in [6.07, 6.45) is 4.05. The summed E-state index contributed by atoms with van der Waals surface area (Å²) < 4.78 is 5.89. The molecule has 0 radical (unpaired) electrons. The van der Waals surface area contributed by atoms with Gasteiger partial charge in [-0.25, -0.2) is 0 Å². The van der Waals surface area contributed by atoms with Crippen molar-refractivity contribution in [2.45, 2.75) is 31.9 Å². The van der Waals surface area contributed by atoms with Crippen LogP contribution in [0.2, 0.25) is 0 Å². The zero-order chi connectivity index (χ0) is 17.6. The van der Waals surface area contributed by atoms with Crippen molar-refractivity contribution in [1.29, 1.82) is 5.41 Å². The van der Waals surface area contributed by atoms with Crippen molar-refractivity contribution >= 4 is 12.2 Å². The minimum atomic E-state index is -0.816. The number of carbonyl (C=O) groups is 1. The van der Waals surface area contributed by atoms with Crippen LogP contribution in [0.15, 0.2) is 42.5 Å². The first kappa shape index (κ1) is 17.2. The predicted molar refractivity (Wildman–Crippen MR) is 96.6 cm³/mol. The van der Waals surface area contributed by atoms with Gasteiger partial charge in [0.2, 0.25) is 0 Å². The van der Waals surface area contributed by atoms with Gasteiger partial charge >= 0.3 is 5.97 Å². The van der Waals surface area contributed by atoms with Gasteiger partial charge in [0.25, 0.3) is 0 Å². The highest BCUT2D eigenvalue weighted by Gasteiger charge is 2.19. The van der Waals surface area contributed by atoms with Crippen molar-refractivity contribution in [3.8, 4) is 5.75 Å². The molecule has 2 aromatic carbocycles. The Balaban J connectivity index is 1.58. The van der Waals surface area contributed by atoms with Gasteiger partial charge in [0.05, 0.1) is 6.54 Å². The number of benzene rings is 2. The fraction of sp³-hybridized carbons (Fsp3) is 0.300. The molecule has 0 fully saturated rings. The molecule has 0 saturated heterocycles. The molecule has 130 valence electrons. The summed E-state index contributed by atoms with van der Waals surface area (Å²) in [6.45, 7) is 0.512. The van der Waals surface area contributed by atoms with Gasteiger partial charge in [-0.1, -0.05) is 30.3 Å². The third-order valence-corrected chi connectivity index (χ3v) is 4.50. The number of carboxylic acids is 1. The Labute approximate surface area is 147 Å². The van der Waals surface area contributed by atoms with Crippen LogP contribution >= 0.6 is 0 Å². The van der Waals surface area contributed by atoms with Crippen LogP contribution in [-0.2, 0) is 24.2 Å². The zero-order valence-electron chi connectivity index (χ0n) is 14.0. The molecule has 3 rings (SSSR count). The molecule has 1 aliphatic rings. The summed E-state index contributed by atoms with van der Waals surface area (Å²) in [5.41, 5.74) is 4.49. The zero-order valence-corrected chi connectivity index (χ0v) is 14.0. The Bertz CT molecular complexity index is 756. The molecule has 25 heavy (non-hydrogen) atoms. The average molecular weight is 338 g/mol. The molecule has 0 aliphatic heterocycles. The van der Waals surface area contributed by atoms with E-state index in [0.29, 0.717) is 6.61 Å². The van der Waals surface area contributed by atoms with E-state index in [-0.39, 0.29) is 12.6 Å². The van der Waals surface area contributed by atoms with E-state index in [1.165, 1.54) is 17.3 Å². The maximum absolute atomic E-state index is 10.7. The quantitative estimate of drug-likeness (QED) is 0.678. The number of aliphatic carboxylic acids is 1. The van der Waals surface area contributed by atoms with E-state index in [2.05, 4.69) is 17.4 Å². The molecule has 3 N–H and O–H groups in total.